The zero-order chi connectivity index (χ0) is 20.8. The van der Waals surface area contributed by atoms with E-state index in [4.69, 9.17) is 16.3 Å². The van der Waals surface area contributed by atoms with E-state index in [9.17, 15) is 14.4 Å². The first-order valence-corrected chi connectivity index (χ1v) is 10.5. The highest BCUT2D eigenvalue weighted by Crippen LogP contribution is 2.17. The number of nitrogens with one attached hydrogen (secondary N) is 2. The number of ether oxygens (including phenoxy) is 1. The summed E-state index contributed by atoms with van der Waals surface area (Å²) in [7, 11) is 0. The monoisotopic (exact) mass is 430 g/mol. The Morgan fingerprint density at radius 1 is 1.17 bits per heavy atom. The van der Waals surface area contributed by atoms with Gasteiger partial charge in [0.15, 0.2) is 5.43 Å². The Hall–Kier alpha value is -2.77. The fourth-order valence-electron chi connectivity index (χ4n) is 2.74. The fraction of sp³-hybridized carbons (Fsp3) is 0.190. The van der Waals surface area contributed by atoms with Gasteiger partial charge in [0.25, 0.3) is 0 Å². The van der Waals surface area contributed by atoms with Gasteiger partial charge in [-0.05, 0) is 43.3 Å². The first-order valence-electron chi connectivity index (χ1n) is 8.92. The molecule has 29 heavy (non-hydrogen) atoms. The van der Waals surface area contributed by atoms with Crippen LogP contribution in [0.2, 0.25) is 5.02 Å². The van der Waals surface area contributed by atoms with Crippen molar-refractivity contribution in [3.63, 3.8) is 0 Å². The molecular formula is C21H19ClN2O4S. The van der Waals surface area contributed by atoms with Gasteiger partial charge in [0, 0.05) is 39.1 Å². The SMILES string of the molecule is CCOC(=O)c1ccc2[nH]c(CSCC(=O)Nc3cccc(Cl)c3)cc(=O)c2c1. The second kappa shape index (κ2) is 9.62. The molecule has 0 atom stereocenters. The third-order valence-electron chi connectivity index (χ3n) is 4.00. The molecule has 3 rings (SSSR count). The van der Waals surface area contributed by atoms with Crippen molar-refractivity contribution in [2.45, 2.75) is 12.7 Å². The average molecular weight is 431 g/mol. The molecule has 3 aromatic rings. The van der Waals surface area contributed by atoms with Gasteiger partial charge in [0.1, 0.15) is 0 Å². The van der Waals surface area contributed by atoms with Gasteiger partial charge in [0.2, 0.25) is 5.91 Å². The summed E-state index contributed by atoms with van der Waals surface area (Å²) >= 11 is 7.28. The predicted octanol–water partition coefficient (Wildman–Crippen LogP) is 4.23. The van der Waals surface area contributed by atoms with E-state index in [0.29, 0.717) is 38.6 Å². The molecule has 1 heterocycles. The van der Waals surface area contributed by atoms with Gasteiger partial charge < -0.3 is 15.0 Å². The molecule has 0 aliphatic carbocycles. The number of fused-ring (bicyclic) bond motifs is 1. The molecule has 0 fully saturated rings. The number of H-pyrrole nitrogens is 1. The quantitative estimate of drug-likeness (QED) is 0.547. The van der Waals surface area contributed by atoms with Crippen molar-refractivity contribution in [2.75, 3.05) is 17.7 Å². The number of rotatable bonds is 7. The predicted molar refractivity (Wildman–Crippen MR) is 117 cm³/mol. The van der Waals surface area contributed by atoms with Gasteiger partial charge in [-0.2, -0.15) is 0 Å². The summed E-state index contributed by atoms with van der Waals surface area (Å²) in [4.78, 5) is 39.5. The lowest BCUT2D eigenvalue weighted by atomic mass is 10.1. The Balaban J connectivity index is 1.63. The highest BCUT2D eigenvalue weighted by Gasteiger charge is 2.10. The number of aromatic nitrogens is 1. The van der Waals surface area contributed by atoms with Gasteiger partial charge in [-0.3, -0.25) is 9.59 Å². The molecule has 0 aliphatic heterocycles. The van der Waals surface area contributed by atoms with E-state index in [1.807, 2.05) is 0 Å². The Morgan fingerprint density at radius 3 is 2.76 bits per heavy atom. The number of halogens is 1. The summed E-state index contributed by atoms with van der Waals surface area (Å²) in [5, 5.41) is 3.75. The van der Waals surface area contributed by atoms with Crippen LogP contribution in [0, 0.1) is 0 Å². The van der Waals surface area contributed by atoms with Crippen LogP contribution in [0.4, 0.5) is 5.69 Å². The Bertz CT molecular complexity index is 1110. The van der Waals surface area contributed by atoms with Crippen LogP contribution >= 0.6 is 23.4 Å². The van der Waals surface area contributed by atoms with E-state index in [1.165, 1.54) is 23.9 Å². The minimum atomic E-state index is -0.459. The molecule has 0 saturated carbocycles. The van der Waals surface area contributed by atoms with Crippen LogP contribution in [-0.4, -0.2) is 29.2 Å². The Morgan fingerprint density at radius 2 is 2.00 bits per heavy atom. The molecule has 6 nitrogen and oxygen atoms in total. The maximum Gasteiger partial charge on any atom is 0.338 e. The minimum Gasteiger partial charge on any atom is -0.462 e. The molecule has 150 valence electrons. The van der Waals surface area contributed by atoms with E-state index >= 15 is 0 Å². The van der Waals surface area contributed by atoms with Crippen molar-refractivity contribution in [1.82, 2.24) is 4.98 Å². The van der Waals surface area contributed by atoms with Crippen LogP contribution in [0.25, 0.3) is 10.9 Å². The molecular weight excluding hydrogens is 412 g/mol. The lowest BCUT2D eigenvalue weighted by Gasteiger charge is -2.07. The van der Waals surface area contributed by atoms with Crippen molar-refractivity contribution in [3.05, 3.63) is 75.0 Å². The summed E-state index contributed by atoms with van der Waals surface area (Å²) in [6, 6.07) is 13.3. The number of amides is 1. The molecule has 1 aromatic heterocycles. The van der Waals surface area contributed by atoms with Crippen molar-refractivity contribution in [2.24, 2.45) is 0 Å². The number of hydrogen-bond donors (Lipinski definition) is 2. The van der Waals surface area contributed by atoms with Gasteiger partial charge in [-0.15, -0.1) is 11.8 Å². The summed E-state index contributed by atoms with van der Waals surface area (Å²) in [5.74, 6) is 0.0842. The van der Waals surface area contributed by atoms with E-state index < -0.39 is 5.97 Å². The lowest BCUT2D eigenvalue weighted by molar-refractivity contribution is -0.113. The molecule has 0 unspecified atom stereocenters. The van der Waals surface area contributed by atoms with E-state index in [0.717, 1.165) is 0 Å². The molecule has 0 radical (unpaired) electrons. The first-order chi connectivity index (χ1) is 14.0. The molecule has 0 spiro atoms. The van der Waals surface area contributed by atoms with Crippen LogP contribution in [0.15, 0.2) is 53.3 Å². The first kappa shape index (κ1) is 21.0. The molecule has 0 saturated heterocycles. The highest BCUT2D eigenvalue weighted by molar-refractivity contribution is 7.99. The number of pyridine rings is 1. The molecule has 0 bridgehead atoms. The number of hydrogen-bond acceptors (Lipinski definition) is 5. The molecule has 0 aliphatic rings. The average Bonchev–Trinajstić information content (AvgIpc) is 2.68. The van der Waals surface area contributed by atoms with Crippen molar-refractivity contribution in [1.29, 1.82) is 0 Å². The van der Waals surface area contributed by atoms with Crippen molar-refractivity contribution >= 4 is 51.8 Å². The van der Waals surface area contributed by atoms with Crippen LogP contribution in [-0.2, 0) is 15.3 Å². The van der Waals surface area contributed by atoms with E-state index in [1.54, 1.807) is 43.3 Å². The Labute approximate surface area is 176 Å². The number of aromatic amines is 1. The summed E-state index contributed by atoms with van der Waals surface area (Å²) in [6.07, 6.45) is 0. The summed E-state index contributed by atoms with van der Waals surface area (Å²) in [5.41, 5.74) is 2.12. The Kier molecular flexibility index (Phi) is 6.95. The van der Waals surface area contributed by atoms with Crippen LogP contribution in [0.1, 0.15) is 23.0 Å². The maximum atomic E-state index is 12.4. The highest BCUT2D eigenvalue weighted by atomic mass is 35.5. The third-order valence-corrected chi connectivity index (χ3v) is 5.21. The topological polar surface area (TPSA) is 88.3 Å². The van der Waals surface area contributed by atoms with Crippen molar-refractivity contribution < 1.29 is 14.3 Å². The standard InChI is InChI=1S/C21H19ClN2O4S/c1-2-28-21(27)13-6-7-18-17(8-13)19(25)10-16(23-18)11-29-12-20(26)24-15-5-3-4-14(22)9-15/h3-10H,2,11-12H2,1H3,(H,23,25)(H,24,26). The third kappa shape index (κ3) is 5.62. The van der Waals surface area contributed by atoms with Gasteiger partial charge in [-0.1, -0.05) is 17.7 Å². The zero-order valence-corrected chi connectivity index (χ0v) is 17.2. The van der Waals surface area contributed by atoms with E-state index in [2.05, 4.69) is 10.3 Å². The van der Waals surface area contributed by atoms with Crippen LogP contribution < -0.4 is 10.7 Å². The number of carbonyl (C=O) groups is 2. The van der Waals surface area contributed by atoms with Crippen LogP contribution in [0.3, 0.4) is 0 Å². The number of thioether (sulfide) groups is 1. The molecule has 2 N–H and O–H groups in total. The van der Waals surface area contributed by atoms with Gasteiger partial charge in [-0.25, -0.2) is 4.79 Å². The normalized spacial score (nSPS) is 10.7. The molecule has 1 amide bonds. The second-order valence-corrected chi connectivity index (χ2v) is 7.61. The fourth-order valence-corrected chi connectivity index (χ4v) is 3.66. The molecule has 8 heteroatoms. The van der Waals surface area contributed by atoms with Crippen LogP contribution in [0.5, 0.6) is 0 Å². The maximum absolute atomic E-state index is 12.4. The molecule has 2 aromatic carbocycles. The number of benzene rings is 2. The summed E-state index contributed by atoms with van der Waals surface area (Å²) in [6.45, 7) is 2.00. The minimum absolute atomic E-state index is 0.153. The van der Waals surface area contributed by atoms with E-state index in [-0.39, 0.29) is 23.7 Å². The smallest absolute Gasteiger partial charge is 0.338 e. The van der Waals surface area contributed by atoms with Gasteiger partial charge in [0.05, 0.1) is 17.9 Å². The zero-order valence-electron chi connectivity index (χ0n) is 15.7. The van der Waals surface area contributed by atoms with Gasteiger partial charge >= 0.3 is 5.97 Å². The number of esters is 1. The number of carbonyl (C=O) groups excluding carboxylic acids is 2. The van der Waals surface area contributed by atoms with Crippen molar-refractivity contribution in [3.8, 4) is 0 Å². The summed E-state index contributed by atoms with van der Waals surface area (Å²) < 4.78 is 4.97. The second-order valence-electron chi connectivity index (χ2n) is 6.19. The number of anilines is 1. The lowest BCUT2D eigenvalue weighted by Crippen LogP contribution is -2.14. The largest absolute Gasteiger partial charge is 0.462 e.